The van der Waals surface area contributed by atoms with Crippen LogP contribution in [-0.2, 0) is 20.4 Å². The average Bonchev–Trinajstić information content (AvgIpc) is 2.61. The van der Waals surface area contributed by atoms with Gasteiger partial charge in [0.1, 0.15) is 5.82 Å². The number of carbonyl (C=O) groups excluding carboxylic acids is 1. The molecule has 25 heavy (non-hydrogen) atoms. The Morgan fingerprint density at radius 3 is 2.64 bits per heavy atom. The first-order valence-corrected chi connectivity index (χ1v) is 8.61. The fraction of sp³-hybridized carbons (Fsp3) is 0.600. The van der Waals surface area contributed by atoms with Crippen molar-refractivity contribution in [1.82, 2.24) is 9.88 Å². The van der Waals surface area contributed by atoms with Gasteiger partial charge < -0.3 is 19.3 Å². The van der Waals surface area contributed by atoms with Gasteiger partial charge in [-0.05, 0) is 22.0 Å². The zero-order chi connectivity index (χ0) is 18.0. The number of pyridine rings is 1. The molecule has 2 aliphatic rings. The van der Waals surface area contributed by atoms with Crippen molar-refractivity contribution in [3.8, 4) is 0 Å². The van der Waals surface area contributed by atoms with Crippen LogP contribution in [0.5, 0.6) is 0 Å². The number of amides is 1. The van der Waals surface area contributed by atoms with Crippen molar-refractivity contribution in [3.05, 3.63) is 22.3 Å². The Bertz CT molecular complexity index is 638. The molecule has 3 heterocycles. The summed E-state index contributed by atoms with van der Waals surface area (Å²) in [5, 5.41) is 0. The van der Waals surface area contributed by atoms with Gasteiger partial charge >= 0.3 is 6.18 Å². The van der Waals surface area contributed by atoms with Crippen LogP contribution < -0.4 is 4.90 Å². The molecule has 3 rings (SSSR count). The lowest BCUT2D eigenvalue weighted by Gasteiger charge is -2.37. The molecule has 0 saturated carbocycles. The summed E-state index contributed by atoms with van der Waals surface area (Å²) in [5.74, 6) is -0.405. The molecule has 1 amide bonds. The molecule has 2 fully saturated rings. The largest absolute Gasteiger partial charge is 0.419 e. The van der Waals surface area contributed by atoms with Crippen LogP contribution in [0.1, 0.15) is 5.56 Å². The lowest BCUT2D eigenvalue weighted by Crippen LogP contribution is -2.53. The molecule has 0 spiro atoms. The van der Waals surface area contributed by atoms with Gasteiger partial charge in [0.15, 0.2) is 6.10 Å². The second-order valence-corrected chi connectivity index (χ2v) is 6.68. The Morgan fingerprint density at radius 2 is 1.96 bits per heavy atom. The van der Waals surface area contributed by atoms with Crippen molar-refractivity contribution in [2.24, 2.45) is 0 Å². The number of morpholine rings is 2. The monoisotopic (exact) mass is 423 g/mol. The van der Waals surface area contributed by atoms with Crippen molar-refractivity contribution in [2.75, 3.05) is 50.9 Å². The van der Waals surface area contributed by atoms with Gasteiger partial charge in [-0.2, -0.15) is 13.2 Å². The number of aromatic nitrogens is 1. The van der Waals surface area contributed by atoms with Crippen LogP contribution >= 0.6 is 15.9 Å². The van der Waals surface area contributed by atoms with Gasteiger partial charge in [0.25, 0.3) is 5.91 Å². The number of halogens is 4. The second-order valence-electron chi connectivity index (χ2n) is 5.77. The summed E-state index contributed by atoms with van der Waals surface area (Å²) >= 11 is 3.02. The molecule has 138 valence electrons. The van der Waals surface area contributed by atoms with E-state index in [0.717, 1.165) is 6.07 Å². The predicted molar refractivity (Wildman–Crippen MR) is 86.3 cm³/mol. The first-order valence-electron chi connectivity index (χ1n) is 7.82. The number of hydrogen-bond acceptors (Lipinski definition) is 5. The van der Waals surface area contributed by atoms with Crippen LogP contribution in [0.15, 0.2) is 16.7 Å². The summed E-state index contributed by atoms with van der Waals surface area (Å²) in [5.41, 5.74) is -0.832. The maximum Gasteiger partial charge on any atom is 0.419 e. The number of alkyl halides is 3. The molecule has 10 heteroatoms. The number of ether oxygens (including phenoxy) is 2. The highest BCUT2D eigenvalue weighted by Crippen LogP contribution is 2.37. The molecule has 6 nitrogen and oxygen atoms in total. The van der Waals surface area contributed by atoms with Crippen LogP contribution in [0.4, 0.5) is 19.0 Å². The maximum absolute atomic E-state index is 13.3. The SMILES string of the molecule is O=C(C1CN(c2ncc(Br)cc2C(F)(F)F)CCO1)N1CCOCC1. The Hall–Kier alpha value is -1.39. The molecule has 2 aliphatic heterocycles. The Labute approximate surface area is 151 Å². The standard InChI is InChI=1S/C15H17BrF3N3O3/c16-10-7-11(15(17,18)19)13(20-8-10)22-3-6-25-12(9-22)14(23)21-1-4-24-5-2-21/h7-8,12H,1-6,9H2. The number of carbonyl (C=O) groups is 1. The number of rotatable bonds is 2. The van der Waals surface area contributed by atoms with Gasteiger partial charge in [0.2, 0.25) is 0 Å². The molecule has 2 saturated heterocycles. The third kappa shape index (κ3) is 4.24. The Kier molecular flexibility index (Phi) is 5.49. The topological polar surface area (TPSA) is 54.9 Å². The minimum Gasteiger partial charge on any atom is -0.378 e. The minimum absolute atomic E-state index is 0.0356. The Morgan fingerprint density at radius 1 is 1.24 bits per heavy atom. The van der Waals surface area contributed by atoms with E-state index in [1.165, 1.54) is 11.1 Å². The van der Waals surface area contributed by atoms with Crippen molar-refractivity contribution in [3.63, 3.8) is 0 Å². The van der Waals surface area contributed by atoms with Crippen LogP contribution in [0, 0.1) is 0 Å². The number of nitrogens with zero attached hydrogens (tertiary/aromatic N) is 3. The zero-order valence-electron chi connectivity index (χ0n) is 13.3. The van der Waals surface area contributed by atoms with E-state index in [2.05, 4.69) is 20.9 Å². The number of anilines is 1. The van der Waals surface area contributed by atoms with E-state index in [-0.39, 0.29) is 35.9 Å². The van der Waals surface area contributed by atoms with E-state index in [4.69, 9.17) is 9.47 Å². The fourth-order valence-electron chi connectivity index (χ4n) is 2.87. The van der Waals surface area contributed by atoms with Crippen LogP contribution in [-0.4, -0.2) is 67.9 Å². The summed E-state index contributed by atoms with van der Waals surface area (Å²) in [6, 6.07) is 0.997. The molecule has 1 unspecified atom stereocenters. The van der Waals surface area contributed by atoms with Gasteiger partial charge in [0.05, 0.1) is 31.9 Å². The lowest BCUT2D eigenvalue weighted by molar-refractivity contribution is -0.148. The van der Waals surface area contributed by atoms with Crippen molar-refractivity contribution in [1.29, 1.82) is 0 Å². The van der Waals surface area contributed by atoms with E-state index in [0.29, 0.717) is 26.3 Å². The second kappa shape index (κ2) is 7.46. The average molecular weight is 424 g/mol. The van der Waals surface area contributed by atoms with E-state index in [9.17, 15) is 18.0 Å². The highest BCUT2D eigenvalue weighted by Gasteiger charge is 2.38. The molecule has 0 N–H and O–H groups in total. The smallest absolute Gasteiger partial charge is 0.378 e. The fourth-order valence-corrected chi connectivity index (χ4v) is 3.20. The van der Waals surface area contributed by atoms with Gasteiger partial charge in [-0.1, -0.05) is 0 Å². The Balaban J connectivity index is 1.78. The molecule has 1 atom stereocenters. The first kappa shape index (κ1) is 18.4. The first-order chi connectivity index (χ1) is 11.9. The van der Waals surface area contributed by atoms with Gasteiger partial charge in [-0.25, -0.2) is 4.98 Å². The van der Waals surface area contributed by atoms with E-state index in [1.807, 2.05) is 0 Å². The van der Waals surface area contributed by atoms with Crippen LogP contribution in [0.3, 0.4) is 0 Å². The maximum atomic E-state index is 13.3. The molecule has 1 aromatic heterocycles. The summed E-state index contributed by atoms with van der Waals surface area (Å²) in [6.45, 7) is 2.27. The molecule has 1 aromatic rings. The molecule has 0 aliphatic carbocycles. The van der Waals surface area contributed by atoms with Gasteiger partial charge in [-0.15, -0.1) is 0 Å². The summed E-state index contributed by atoms with van der Waals surface area (Å²) < 4.78 is 50.9. The van der Waals surface area contributed by atoms with E-state index < -0.39 is 17.8 Å². The highest BCUT2D eigenvalue weighted by molar-refractivity contribution is 9.10. The predicted octanol–water partition coefficient (Wildman–Crippen LogP) is 1.93. The molecule has 0 aromatic carbocycles. The van der Waals surface area contributed by atoms with Crippen LogP contribution in [0.2, 0.25) is 0 Å². The number of hydrogen-bond donors (Lipinski definition) is 0. The molecular weight excluding hydrogens is 407 g/mol. The summed E-state index contributed by atoms with van der Waals surface area (Å²) in [7, 11) is 0. The molecule has 0 radical (unpaired) electrons. The van der Waals surface area contributed by atoms with Crippen molar-refractivity contribution < 1.29 is 27.4 Å². The van der Waals surface area contributed by atoms with Crippen LogP contribution in [0.25, 0.3) is 0 Å². The van der Waals surface area contributed by atoms with Gasteiger partial charge in [-0.3, -0.25) is 4.79 Å². The normalized spacial score (nSPS) is 22.2. The van der Waals surface area contributed by atoms with Crippen molar-refractivity contribution in [2.45, 2.75) is 12.3 Å². The molecule has 0 bridgehead atoms. The van der Waals surface area contributed by atoms with Gasteiger partial charge in [0, 0.05) is 30.3 Å². The summed E-state index contributed by atoms with van der Waals surface area (Å²) in [4.78, 5) is 19.6. The lowest BCUT2D eigenvalue weighted by atomic mass is 10.2. The summed E-state index contributed by atoms with van der Waals surface area (Å²) in [6.07, 6.45) is -4.02. The third-order valence-corrected chi connectivity index (χ3v) is 4.54. The molecular formula is C15H17BrF3N3O3. The quantitative estimate of drug-likeness (QED) is 0.727. The van der Waals surface area contributed by atoms with E-state index in [1.54, 1.807) is 4.90 Å². The minimum atomic E-state index is -4.53. The van der Waals surface area contributed by atoms with E-state index >= 15 is 0 Å². The van der Waals surface area contributed by atoms with Crippen molar-refractivity contribution >= 4 is 27.7 Å². The highest BCUT2D eigenvalue weighted by atomic mass is 79.9. The third-order valence-electron chi connectivity index (χ3n) is 4.10. The zero-order valence-corrected chi connectivity index (χ0v) is 14.8.